The highest BCUT2D eigenvalue weighted by Gasteiger charge is 2.33. The number of ether oxygens (including phenoxy) is 1. The van der Waals surface area contributed by atoms with Crippen molar-refractivity contribution in [1.29, 1.82) is 0 Å². The van der Waals surface area contributed by atoms with E-state index in [1.807, 2.05) is 26.8 Å². The average Bonchev–Trinajstić information content (AvgIpc) is 2.22. The first-order valence-corrected chi connectivity index (χ1v) is 6.29. The molecule has 0 atom stereocenters. The van der Waals surface area contributed by atoms with Crippen molar-refractivity contribution in [2.24, 2.45) is 0 Å². The first-order chi connectivity index (χ1) is 8.85. The lowest BCUT2D eigenvalue weighted by atomic mass is 10.1. The van der Waals surface area contributed by atoms with Gasteiger partial charge in [0.1, 0.15) is 5.60 Å². The predicted octanol–water partition coefficient (Wildman–Crippen LogP) is 1.69. The number of hydrogen-bond acceptors (Lipinski definition) is 5. The Labute approximate surface area is 112 Å². The normalized spacial score (nSPS) is 15.8. The highest BCUT2D eigenvalue weighted by atomic mass is 16.6. The van der Waals surface area contributed by atoms with Crippen LogP contribution in [0.4, 0.5) is 16.2 Å². The summed E-state index contributed by atoms with van der Waals surface area (Å²) in [5.41, 5.74) is 6.80. The van der Waals surface area contributed by atoms with Crippen molar-refractivity contribution < 1.29 is 9.53 Å². The van der Waals surface area contributed by atoms with E-state index >= 15 is 0 Å². The van der Waals surface area contributed by atoms with Gasteiger partial charge in [-0.15, -0.1) is 0 Å². The van der Waals surface area contributed by atoms with Crippen molar-refractivity contribution >= 4 is 17.5 Å². The quantitative estimate of drug-likeness (QED) is 0.849. The van der Waals surface area contributed by atoms with Crippen molar-refractivity contribution in [2.45, 2.75) is 32.4 Å². The van der Waals surface area contributed by atoms with E-state index in [-0.39, 0.29) is 12.1 Å². The van der Waals surface area contributed by atoms with Crippen LogP contribution in [0, 0.1) is 0 Å². The fraction of sp³-hybridized carbons (Fsp3) is 0.538. The molecule has 0 saturated carbocycles. The van der Waals surface area contributed by atoms with Crippen LogP contribution in [0.3, 0.4) is 0 Å². The van der Waals surface area contributed by atoms with Gasteiger partial charge < -0.3 is 20.7 Å². The van der Waals surface area contributed by atoms with E-state index in [1.54, 1.807) is 17.3 Å². The number of carbonyl (C=O) groups is 1. The molecule has 2 rings (SSSR count). The number of nitrogens with zero attached hydrogens (tertiary/aromatic N) is 2. The lowest BCUT2D eigenvalue weighted by Gasteiger charge is -2.40. The fourth-order valence-corrected chi connectivity index (χ4v) is 1.80. The van der Waals surface area contributed by atoms with Gasteiger partial charge in [0.25, 0.3) is 0 Å². The van der Waals surface area contributed by atoms with Crippen LogP contribution in [-0.2, 0) is 4.74 Å². The molecule has 1 amide bonds. The van der Waals surface area contributed by atoms with Gasteiger partial charge in [0, 0.05) is 19.3 Å². The van der Waals surface area contributed by atoms with E-state index in [2.05, 4.69) is 10.3 Å². The maximum absolute atomic E-state index is 11.7. The topological polar surface area (TPSA) is 80.5 Å². The van der Waals surface area contributed by atoms with Gasteiger partial charge in [-0.2, -0.15) is 0 Å². The fourth-order valence-electron chi connectivity index (χ4n) is 1.80. The van der Waals surface area contributed by atoms with Gasteiger partial charge in [-0.1, -0.05) is 0 Å². The zero-order chi connectivity index (χ0) is 14.0. The number of nitrogens with two attached hydrogens (primary N) is 1. The van der Waals surface area contributed by atoms with E-state index in [1.165, 1.54) is 0 Å². The number of hydrogen-bond donors (Lipinski definition) is 2. The molecule has 1 fully saturated rings. The van der Waals surface area contributed by atoms with Gasteiger partial charge in [-0.25, -0.2) is 4.79 Å². The van der Waals surface area contributed by atoms with Gasteiger partial charge in [0.05, 0.1) is 23.6 Å². The summed E-state index contributed by atoms with van der Waals surface area (Å²) >= 11 is 0. The first kappa shape index (κ1) is 13.5. The molecule has 0 aromatic carbocycles. The Bertz CT molecular complexity index is 464. The van der Waals surface area contributed by atoms with Crippen LogP contribution in [0.5, 0.6) is 0 Å². The minimum atomic E-state index is -0.453. The van der Waals surface area contributed by atoms with Crippen LogP contribution in [0.2, 0.25) is 0 Å². The number of carbonyl (C=O) groups excluding carboxylic acids is 1. The maximum Gasteiger partial charge on any atom is 0.410 e. The minimum absolute atomic E-state index is 0.206. The van der Waals surface area contributed by atoms with Crippen molar-refractivity contribution in [3.8, 4) is 0 Å². The summed E-state index contributed by atoms with van der Waals surface area (Å²) in [6, 6.07) is 2.03. The Hall–Kier alpha value is -1.98. The van der Waals surface area contributed by atoms with Crippen LogP contribution in [0.1, 0.15) is 20.8 Å². The van der Waals surface area contributed by atoms with Crippen molar-refractivity contribution in [2.75, 3.05) is 24.1 Å². The lowest BCUT2D eigenvalue weighted by molar-refractivity contribution is 0.0105. The van der Waals surface area contributed by atoms with Gasteiger partial charge in [-0.3, -0.25) is 4.98 Å². The zero-order valence-corrected chi connectivity index (χ0v) is 11.5. The molecule has 6 nitrogen and oxygen atoms in total. The van der Waals surface area contributed by atoms with Crippen molar-refractivity contribution in [1.82, 2.24) is 9.88 Å². The Morgan fingerprint density at radius 1 is 1.53 bits per heavy atom. The smallest absolute Gasteiger partial charge is 0.410 e. The third kappa shape index (κ3) is 3.49. The predicted molar refractivity (Wildman–Crippen MR) is 73.9 cm³/mol. The molecule has 3 N–H and O–H groups in total. The second kappa shape index (κ2) is 4.95. The Morgan fingerprint density at radius 2 is 2.21 bits per heavy atom. The van der Waals surface area contributed by atoms with Crippen LogP contribution in [0.25, 0.3) is 0 Å². The molecule has 104 valence electrons. The standard InChI is InChI=1S/C13H20N4O2/c1-13(2,3)19-12(18)17-7-9(8-17)16-11-4-5-15-6-10(11)14/h4-6,9H,7-8,14H2,1-3H3,(H,15,16). The van der Waals surface area contributed by atoms with Crippen molar-refractivity contribution in [3.63, 3.8) is 0 Å². The van der Waals surface area contributed by atoms with Crippen LogP contribution in [-0.4, -0.2) is 40.7 Å². The molecule has 1 saturated heterocycles. The zero-order valence-electron chi connectivity index (χ0n) is 11.5. The number of nitrogen functional groups attached to an aromatic ring is 1. The summed E-state index contributed by atoms with van der Waals surface area (Å²) in [6.45, 7) is 6.82. The Balaban J connectivity index is 1.81. The highest BCUT2D eigenvalue weighted by Crippen LogP contribution is 2.21. The monoisotopic (exact) mass is 264 g/mol. The summed E-state index contributed by atoms with van der Waals surface area (Å²) in [6.07, 6.45) is 3.02. The van der Waals surface area contributed by atoms with Gasteiger partial charge >= 0.3 is 6.09 Å². The first-order valence-electron chi connectivity index (χ1n) is 6.29. The largest absolute Gasteiger partial charge is 0.444 e. The molecule has 19 heavy (non-hydrogen) atoms. The number of aromatic nitrogens is 1. The van der Waals surface area contributed by atoms with Crippen LogP contribution < -0.4 is 11.1 Å². The molecule has 1 aliphatic heterocycles. The molecule has 6 heteroatoms. The average molecular weight is 264 g/mol. The Kier molecular flexibility index (Phi) is 3.50. The second-order valence-electron chi connectivity index (χ2n) is 5.69. The molecule has 1 aromatic heterocycles. The maximum atomic E-state index is 11.7. The van der Waals surface area contributed by atoms with Crippen molar-refractivity contribution in [3.05, 3.63) is 18.5 Å². The third-order valence-electron chi connectivity index (χ3n) is 2.74. The second-order valence-corrected chi connectivity index (χ2v) is 5.69. The molecule has 2 heterocycles. The number of amides is 1. The van der Waals surface area contributed by atoms with E-state index < -0.39 is 5.60 Å². The van der Waals surface area contributed by atoms with E-state index in [4.69, 9.17) is 10.5 Å². The molecule has 0 unspecified atom stereocenters. The minimum Gasteiger partial charge on any atom is -0.444 e. The summed E-state index contributed by atoms with van der Waals surface area (Å²) < 4.78 is 5.29. The molecular weight excluding hydrogens is 244 g/mol. The Morgan fingerprint density at radius 3 is 2.79 bits per heavy atom. The molecule has 0 spiro atoms. The summed E-state index contributed by atoms with van der Waals surface area (Å²) in [5, 5.41) is 3.28. The molecule has 0 radical (unpaired) electrons. The van der Waals surface area contributed by atoms with Gasteiger partial charge in [0.15, 0.2) is 0 Å². The van der Waals surface area contributed by atoms with Crippen LogP contribution >= 0.6 is 0 Å². The SMILES string of the molecule is CC(C)(C)OC(=O)N1CC(Nc2ccncc2N)C1. The summed E-state index contributed by atoms with van der Waals surface area (Å²) in [5.74, 6) is 0. The molecule has 0 bridgehead atoms. The third-order valence-corrected chi connectivity index (χ3v) is 2.74. The number of rotatable bonds is 2. The lowest BCUT2D eigenvalue weighted by Crippen LogP contribution is -2.57. The van der Waals surface area contributed by atoms with E-state index in [0.29, 0.717) is 18.8 Å². The van der Waals surface area contributed by atoms with Gasteiger partial charge in [-0.05, 0) is 26.8 Å². The molecule has 1 aliphatic rings. The summed E-state index contributed by atoms with van der Waals surface area (Å²) in [7, 11) is 0. The summed E-state index contributed by atoms with van der Waals surface area (Å²) in [4.78, 5) is 17.3. The number of likely N-dealkylation sites (tertiary alicyclic amines) is 1. The molecule has 0 aliphatic carbocycles. The number of nitrogens with one attached hydrogen (secondary N) is 1. The number of pyridine rings is 1. The number of anilines is 2. The molecule has 1 aromatic rings. The van der Waals surface area contributed by atoms with Gasteiger partial charge in [0.2, 0.25) is 0 Å². The molecular formula is C13H20N4O2. The van der Waals surface area contributed by atoms with Crippen LogP contribution in [0.15, 0.2) is 18.5 Å². The van der Waals surface area contributed by atoms with E-state index in [9.17, 15) is 4.79 Å². The highest BCUT2D eigenvalue weighted by molar-refractivity contribution is 5.70. The van der Waals surface area contributed by atoms with E-state index in [0.717, 1.165) is 5.69 Å².